The van der Waals surface area contributed by atoms with Gasteiger partial charge in [-0.3, -0.25) is 0 Å². The molecule has 0 heterocycles. The summed E-state index contributed by atoms with van der Waals surface area (Å²) in [7, 11) is 0. The monoisotopic (exact) mass is 332 g/mol. The van der Waals surface area contributed by atoms with Gasteiger partial charge in [-0.15, -0.1) is 11.6 Å². The largest absolute Gasteiger partial charge is 0.487 e. The number of ether oxygens (including phenoxy) is 1. The number of benzene rings is 1. The van der Waals surface area contributed by atoms with Crippen molar-refractivity contribution in [2.75, 3.05) is 0 Å². The van der Waals surface area contributed by atoms with Crippen molar-refractivity contribution in [1.29, 1.82) is 0 Å². The van der Waals surface area contributed by atoms with Gasteiger partial charge in [0.25, 0.3) is 0 Å². The van der Waals surface area contributed by atoms with Gasteiger partial charge in [-0.2, -0.15) is 0 Å². The van der Waals surface area contributed by atoms with Crippen LogP contribution in [0.25, 0.3) is 0 Å². The number of hydrogen-bond donors (Lipinski definition) is 0. The maximum Gasteiger partial charge on any atom is 0.165 e. The quantitative estimate of drug-likeness (QED) is 0.699. The van der Waals surface area contributed by atoms with Crippen molar-refractivity contribution in [2.24, 2.45) is 5.41 Å². The van der Waals surface area contributed by atoms with Gasteiger partial charge in [0.05, 0.1) is 0 Å². The first kappa shape index (κ1) is 12.7. The van der Waals surface area contributed by atoms with E-state index in [2.05, 4.69) is 15.9 Å². The molecular weight excluding hydrogens is 319 g/mol. The molecule has 0 saturated heterocycles. The lowest BCUT2D eigenvalue weighted by Crippen LogP contribution is -2.55. The van der Waals surface area contributed by atoms with Crippen LogP contribution in [0.1, 0.15) is 32.1 Å². The molecule has 0 amide bonds. The van der Waals surface area contributed by atoms with Gasteiger partial charge in [0, 0.05) is 21.7 Å². The van der Waals surface area contributed by atoms with Crippen LogP contribution >= 0.6 is 27.5 Å². The van der Waals surface area contributed by atoms with Crippen LogP contribution in [0.4, 0.5) is 4.39 Å². The van der Waals surface area contributed by atoms with E-state index in [1.165, 1.54) is 18.9 Å². The van der Waals surface area contributed by atoms with Gasteiger partial charge in [-0.1, -0.05) is 28.8 Å². The van der Waals surface area contributed by atoms with Crippen LogP contribution in [0, 0.1) is 11.2 Å². The lowest BCUT2D eigenvalue weighted by Gasteiger charge is -2.50. The Hall–Kier alpha value is -0.280. The molecule has 98 valence electrons. The molecule has 2 atom stereocenters. The highest BCUT2D eigenvalue weighted by molar-refractivity contribution is 9.10. The summed E-state index contributed by atoms with van der Waals surface area (Å²) in [6.45, 7) is 0. The second-order valence-electron chi connectivity index (χ2n) is 5.32. The summed E-state index contributed by atoms with van der Waals surface area (Å²) in [6.07, 6.45) is 5.55. The molecule has 0 bridgehead atoms. The van der Waals surface area contributed by atoms with Crippen molar-refractivity contribution < 1.29 is 9.13 Å². The van der Waals surface area contributed by atoms with E-state index < -0.39 is 0 Å². The predicted octanol–water partition coefficient (Wildman–Crippen LogP) is 4.91. The summed E-state index contributed by atoms with van der Waals surface area (Å²) < 4.78 is 20.4. The minimum atomic E-state index is -0.302. The second kappa shape index (κ2) is 4.68. The van der Waals surface area contributed by atoms with Gasteiger partial charge in [0.1, 0.15) is 6.10 Å². The fourth-order valence-electron chi connectivity index (χ4n) is 3.25. The van der Waals surface area contributed by atoms with Crippen molar-refractivity contribution in [3.63, 3.8) is 0 Å². The molecule has 2 aliphatic rings. The summed E-state index contributed by atoms with van der Waals surface area (Å²) >= 11 is 9.70. The molecule has 1 nitrogen and oxygen atoms in total. The first-order valence-electron chi connectivity index (χ1n) is 6.37. The maximum absolute atomic E-state index is 13.7. The number of halogens is 3. The molecule has 18 heavy (non-hydrogen) atoms. The molecule has 0 aromatic heterocycles. The average molecular weight is 334 g/mol. The first-order valence-corrected chi connectivity index (χ1v) is 7.60. The van der Waals surface area contributed by atoms with Gasteiger partial charge in [0.2, 0.25) is 0 Å². The second-order valence-corrected chi connectivity index (χ2v) is 6.77. The molecule has 2 unspecified atom stereocenters. The minimum absolute atomic E-state index is 0.0753. The maximum atomic E-state index is 13.7. The van der Waals surface area contributed by atoms with E-state index >= 15 is 0 Å². The fourth-order valence-corrected chi connectivity index (χ4v) is 4.11. The lowest BCUT2D eigenvalue weighted by atomic mass is 9.64. The third kappa shape index (κ3) is 1.96. The van der Waals surface area contributed by atoms with Crippen LogP contribution in [-0.4, -0.2) is 11.5 Å². The molecule has 0 aliphatic heterocycles. The van der Waals surface area contributed by atoms with Gasteiger partial charge in [0.15, 0.2) is 11.6 Å². The smallest absolute Gasteiger partial charge is 0.165 e. The first-order chi connectivity index (χ1) is 8.62. The zero-order valence-corrected chi connectivity index (χ0v) is 12.3. The Morgan fingerprint density at radius 1 is 1.33 bits per heavy atom. The van der Waals surface area contributed by atoms with Crippen molar-refractivity contribution in [3.05, 3.63) is 28.5 Å². The highest BCUT2D eigenvalue weighted by Crippen LogP contribution is 2.57. The van der Waals surface area contributed by atoms with Crippen LogP contribution in [0.5, 0.6) is 5.75 Å². The zero-order valence-electron chi connectivity index (χ0n) is 9.96. The number of alkyl halides is 1. The molecular formula is C14H15BrClFO. The molecule has 1 aromatic carbocycles. The van der Waals surface area contributed by atoms with Crippen LogP contribution in [0.2, 0.25) is 0 Å². The highest BCUT2D eigenvalue weighted by atomic mass is 79.9. The SMILES string of the molecule is Fc1ccc(Br)cc1OC1CC(Cl)C12CCCC2. The summed E-state index contributed by atoms with van der Waals surface area (Å²) in [5.74, 6) is 0.0357. The predicted molar refractivity (Wildman–Crippen MR) is 73.7 cm³/mol. The van der Waals surface area contributed by atoms with E-state index in [1.54, 1.807) is 12.1 Å². The van der Waals surface area contributed by atoms with Gasteiger partial charge >= 0.3 is 0 Å². The van der Waals surface area contributed by atoms with E-state index in [-0.39, 0.29) is 22.7 Å². The topological polar surface area (TPSA) is 9.23 Å². The van der Waals surface area contributed by atoms with Gasteiger partial charge in [-0.25, -0.2) is 4.39 Å². The van der Waals surface area contributed by atoms with Crippen molar-refractivity contribution >= 4 is 27.5 Å². The molecule has 1 aromatic rings. The molecule has 4 heteroatoms. The van der Waals surface area contributed by atoms with Crippen molar-refractivity contribution in [1.82, 2.24) is 0 Å². The van der Waals surface area contributed by atoms with E-state index in [4.69, 9.17) is 16.3 Å². The van der Waals surface area contributed by atoms with Gasteiger partial charge < -0.3 is 4.74 Å². The van der Waals surface area contributed by atoms with Crippen LogP contribution in [0.15, 0.2) is 22.7 Å². The molecule has 1 spiro atoms. The van der Waals surface area contributed by atoms with E-state index in [9.17, 15) is 4.39 Å². The van der Waals surface area contributed by atoms with Crippen LogP contribution in [0.3, 0.4) is 0 Å². The Morgan fingerprint density at radius 2 is 2.06 bits per heavy atom. The van der Waals surface area contributed by atoms with Crippen molar-refractivity contribution in [2.45, 2.75) is 43.6 Å². The Bertz CT molecular complexity index is 459. The molecule has 2 aliphatic carbocycles. The third-order valence-corrected chi connectivity index (χ3v) is 5.49. The van der Waals surface area contributed by atoms with Crippen molar-refractivity contribution in [3.8, 4) is 5.75 Å². The van der Waals surface area contributed by atoms with Crippen LogP contribution < -0.4 is 4.74 Å². The zero-order chi connectivity index (χ0) is 12.8. The average Bonchev–Trinajstić information content (AvgIpc) is 2.85. The Morgan fingerprint density at radius 3 is 2.72 bits per heavy atom. The number of rotatable bonds is 2. The lowest BCUT2D eigenvalue weighted by molar-refractivity contribution is -0.0375. The number of hydrogen-bond acceptors (Lipinski definition) is 1. The van der Waals surface area contributed by atoms with Crippen LogP contribution in [-0.2, 0) is 0 Å². The Balaban J connectivity index is 1.79. The standard InChI is InChI=1S/C14H15BrClFO/c15-9-3-4-10(17)11(7-9)18-13-8-12(16)14(13)5-1-2-6-14/h3-4,7,12-13H,1-2,5-6,8H2. The summed E-state index contributed by atoms with van der Waals surface area (Å²) in [6, 6.07) is 4.80. The molecule has 2 saturated carbocycles. The molecule has 0 radical (unpaired) electrons. The Labute approximate surface area is 120 Å². The fraction of sp³-hybridized carbons (Fsp3) is 0.571. The summed E-state index contributed by atoms with van der Waals surface area (Å²) in [4.78, 5) is 0. The van der Waals surface area contributed by atoms with E-state index in [0.717, 1.165) is 23.7 Å². The van der Waals surface area contributed by atoms with Gasteiger partial charge in [-0.05, 0) is 31.0 Å². The van der Waals surface area contributed by atoms with E-state index in [1.807, 2.05) is 0 Å². The molecule has 2 fully saturated rings. The highest BCUT2D eigenvalue weighted by Gasteiger charge is 2.57. The summed E-state index contributed by atoms with van der Waals surface area (Å²) in [5.41, 5.74) is 0.0936. The molecule has 3 rings (SSSR count). The van der Waals surface area contributed by atoms with E-state index in [0.29, 0.717) is 5.75 Å². The minimum Gasteiger partial charge on any atom is -0.487 e. The third-order valence-electron chi connectivity index (χ3n) is 4.38. The summed E-state index contributed by atoms with van der Waals surface area (Å²) in [5, 5.41) is 0.195. The molecule has 0 N–H and O–H groups in total. The normalized spacial score (nSPS) is 29.3. The Kier molecular flexibility index (Phi) is 3.31.